The minimum atomic E-state index is -0.226. The van der Waals surface area contributed by atoms with E-state index < -0.39 is 0 Å². The molecule has 3 nitrogen and oxygen atoms in total. The van der Waals surface area contributed by atoms with Crippen LogP contribution in [-0.2, 0) is 6.54 Å². The molecule has 0 saturated heterocycles. The molecule has 0 atom stereocenters. The van der Waals surface area contributed by atoms with Gasteiger partial charge in [0.05, 0.1) is 6.33 Å². The van der Waals surface area contributed by atoms with E-state index in [0.29, 0.717) is 12.4 Å². The van der Waals surface area contributed by atoms with Crippen LogP contribution in [0.1, 0.15) is 5.56 Å². The molecule has 0 amide bonds. The molecule has 1 aromatic carbocycles. The third-order valence-electron chi connectivity index (χ3n) is 1.91. The Kier molecular flexibility index (Phi) is 2.18. The van der Waals surface area contributed by atoms with Gasteiger partial charge in [-0.1, -0.05) is 12.1 Å². The number of aromatic nitrogens is 2. The molecule has 0 bridgehead atoms. The third kappa shape index (κ3) is 1.90. The average Bonchev–Trinajstić information content (AvgIpc) is 2.51. The maximum absolute atomic E-state index is 12.8. The maximum atomic E-state index is 12.8. The average molecular weight is 191 g/mol. The van der Waals surface area contributed by atoms with Gasteiger partial charge in [0, 0.05) is 12.7 Å². The predicted molar refractivity (Wildman–Crippen MR) is 52.1 cm³/mol. The maximum Gasteiger partial charge on any atom is 0.141 e. The van der Waals surface area contributed by atoms with Crippen LogP contribution in [0.5, 0.6) is 0 Å². The van der Waals surface area contributed by atoms with E-state index in [9.17, 15) is 4.39 Å². The van der Waals surface area contributed by atoms with Crippen LogP contribution in [0.4, 0.5) is 10.2 Å². The van der Waals surface area contributed by atoms with Crippen LogP contribution in [0, 0.1) is 5.82 Å². The summed E-state index contributed by atoms with van der Waals surface area (Å²) in [7, 11) is 0. The molecule has 0 saturated carbocycles. The molecule has 4 heteroatoms. The van der Waals surface area contributed by atoms with Crippen molar-refractivity contribution in [2.45, 2.75) is 6.54 Å². The molecule has 72 valence electrons. The standard InChI is InChI=1S/C10H10FN3/c11-9-3-1-2-8(4-9)5-14-6-10(12)13-7-14/h1-4,6-7H,5,12H2. The minimum Gasteiger partial charge on any atom is -0.382 e. The van der Waals surface area contributed by atoms with Gasteiger partial charge in [0.1, 0.15) is 11.6 Å². The second-order valence-electron chi connectivity index (χ2n) is 3.10. The fourth-order valence-corrected chi connectivity index (χ4v) is 1.31. The van der Waals surface area contributed by atoms with Gasteiger partial charge in [0.25, 0.3) is 0 Å². The van der Waals surface area contributed by atoms with Crippen molar-refractivity contribution in [1.82, 2.24) is 9.55 Å². The van der Waals surface area contributed by atoms with Gasteiger partial charge >= 0.3 is 0 Å². The normalized spacial score (nSPS) is 10.4. The van der Waals surface area contributed by atoms with Gasteiger partial charge in [-0.3, -0.25) is 0 Å². The number of hydrogen-bond donors (Lipinski definition) is 1. The summed E-state index contributed by atoms with van der Waals surface area (Å²) in [6, 6.07) is 6.46. The highest BCUT2D eigenvalue weighted by atomic mass is 19.1. The summed E-state index contributed by atoms with van der Waals surface area (Å²) in [5.41, 5.74) is 6.35. The largest absolute Gasteiger partial charge is 0.382 e. The second-order valence-corrected chi connectivity index (χ2v) is 3.10. The van der Waals surface area contributed by atoms with Crippen molar-refractivity contribution in [3.8, 4) is 0 Å². The Bertz CT molecular complexity index is 436. The van der Waals surface area contributed by atoms with Crippen molar-refractivity contribution in [3.63, 3.8) is 0 Å². The molecule has 0 aliphatic carbocycles. The van der Waals surface area contributed by atoms with Crippen molar-refractivity contribution < 1.29 is 4.39 Å². The molecule has 2 N–H and O–H groups in total. The smallest absolute Gasteiger partial charge is 0.141 e. The first-order valence-corrected chi connectivity index (χ1v) is 4.26. The zero-order chi connectivity index (χ0) is 9.97. The molecular formula is C10H10FN3. The quantitative estimate of drug-likeness (QED) is 0.784. The fourth-order valence-electron chi connectivity index (χ4n) is 1.31. The van der Waals surface area contributed by atoms with Crippen LogP contribution in [0.25, 0.3) is 0 Å². The Morgan fingerprint density at radius 1 is 1.43 bits per heavy atom. The molecule has 0 radical (unpaired) electrons. The van der Waals surface area contributed by atoms with E-state index in [1.54, 1.807) is 18.6 Å². The number of anilines is 1. The topological polar surface area (TPSA) is 43.8 Å². The molecule has 1 aromatic heterocycles. The number of rotatable bonds is 2. The van der Waals surface area contributed by atoms with Crippen LogP contribution in [0.2, 0.25) is 0 Å². The first-order valence-electron chi connectivity index (χ1n) is 4.26. The lowest BCUT2D eigenvalue weighted by atomic mass is 10.2. The first kappa shape index (κ1) is 8.74. The second kappa shape index (κ2) is 3.49. The zero-order valence-electron chi connectivity index (χ0n) is 7.52. The van der Waals surface area contributed by atoms with E-state index in [1.807, 2.05) is 10.6 Å². The van der Waals surface area contributed by atoms with E-state index in [1.165, 1.54) is 12.1 Å². The molecule has 2 rings (SSSR count). The lowest BCUT2D eigenvalue weighted by Crippen LogP contribution is -1.96. The van der Waals surface area contributed by atoms with Gasteiger partial charge in [-0.25, -0.2) is 9.37 Å². The third-order valence-corrected chi connectivity index (χ3v) is 1.91. The summed E-state index contributed by atoms with van der Waals surface area (Å²) in [4.78, 5) is 3.88. The van der Waals surface area contributed by atoms with Gasteiger partial charge in [0.2, 0.25) is 0 Å². The number of hydrogen-bond acceptors (Lipinski definition) is 2. The summed E-state index contributed by atoms with van der Waals surface area (Å²) in [5.74, 6) is 0.247. The highest BCUT2D eigenvalue weighted by Crippen LogP contribution is 2.06. The predicted octanol–water partition coefficient (Wildman–Crippen LogP) is 1.65. The number of halogens is 1. The first-order chi connectivity index (χ1) is 6.74. The zero-order valence-corrected chi connectivity index (χ0v) is 7.52. The number of nitrogens with two attached hydrogens (primary N) is 1. The molecular weight excluding hydrogens is 181 g/mol. The van der Waals surface area contributed by atoms with Crippen LogP contribution in [0.3, 0.4) is 0 Å². The van der Waals surface area contributed by atoms with Crippen molar-refractivity contribution >= 4 is 5.82 Å². The number of imidazole rings is 1. The molecule has 0 aliphatic rings. The summed E-state index contributed by atoms with van der Waals surface area (Å²) in [6.45, 7) is 0.585. The number of benzene rings is 1. The van der Waals surface area contributed by atoms with Gasteiger partial charge < -0.3 is 10.3 Å². The van der Waals surface area contributed by atoms with Gasteiger partial charge in [0.15, 0.2) is 0 Å². The van der Waals surface area contributed by atoms with E-state index in [4.69, 9.17) is 5.73 Å². The molecule has 1 heterocycles. The van der Waals surface area contributed by atoms with Gasteiger partial charge in [-0.15, -0.1) is 0 Å². The lowest BCUT2D eigenvalue weighted by molar-refractivity contribution is 0.623. The van der Waals surface area contributed by atoms with E-state index in [-0.39, 0.29) is 5.82 Å². The molecule has 0 unspecified atom stereocenters. The van der Waals surface area contributed by atoms with Gasteiger partial charge in [-0.2, -0.15) is 0 Å². The lowest BCUT2D eigenvalue weighted by Gasteiger charge is -2.01. The van der Waals surface area contributed by atoms with Crippen molar-refractivity contribution in [3.05, 3.63) is 48.2 Å². The molecule has 0 fully saturated rings. The Labute approximate surface area is 81.0 Å². The van der Waals surface area contributed by atoms with Crippen molar-refractivity contribution in [2.75, 3.05) is 5.73 Å². The molecule has 2 aromatic rings. The van der Waals surface area contributed by atoms with Crippen LogP contribution < -0.4 is 5.73 Å². The Morgan fingerprint density at radius 2 is 2.29 bits per heavy atom. The SMILES string of the molecule is Nc1cn(Cc2cccc(F)c2)cn1. The van der Waals surface area contributed by atoms with Crippen LogP contribution >= 0.6 is 0 Å². The summed E-state index contributed by atoms with van der Waals surface area (Å²) in [6.07, 6.45) is 3.34. The Hall–Kier alpha value is -1.84. The highest BCUT2D eigenvalue weighted by Gasteiger charge is 1.97. The Morgan fingerprint density at radius 3 is 2.93 bits per heavy atom. The number of nitrogen functional groups attached to an aromatic ring is 1. The van der Waals surface area contributed by atoms with Crippen LogP contribution in [0.15, 0.2) is 36.8 Å². The highest BCUT2D eigenvalue weighted by molar-refractivity contribution is 5.24. The van der Waals surface area contributed by atoms with E-state index in [2.05, 4.69) is 4.98 Å². The summed E-state index contributed by atoms with van der Waals surface area (Å²) in [5, 5.41) is 0. The molecule has 0 spiro atoms. The summed E-state index contributed by atoms with van der Waals surface area (Å²) >= 11 is 0. The monoisotopic (exact) mass is 191 g/mol. The molecule has 0 aliphatic heterocycles. The minimum absolute atomic E-state index is 0.226. The van der Waals surface area contributed by atoms with Gasteiger partial charge in [-0.05, 0) is 17.7 Å². The van der Waals surface area contributed by atoms with Crippen LogP contribution in [-0.4, -0.2) is 9.55 Å². The summed E-state index contributed by atoms with van der Waals surface area (Å²) < 4.78 is 14.6. The van der Waals surface area contributed by atoms with Crippen molar-refractivity contribution in [2.24, 2.45) is 0 Å². The molecule has 14 heavy (non-hydrogen) atoms. The van der Waals surface area contributed by atoms with E-state index >= 15 is 0 Å². The van der Waals surface area contributed by atoms with Crippen molar-refractivity contribution in [1.29, 1.82) is 0 Å². The number of nitrogens with zero attached hydrogens (tertiary/aromatic N) is 2. The fraction of sp³-hybridized carbons (Fsp3) is 0.100. The Balaban J connectivity index is 2.18. The van der Waals surface area contributed by atoms with E-state index in [0.717, 1.165) is 5.56 Å².